The number of hydrogen-bond acceptors (Lipinski definition) is 3. The minimum Gasteiger partial charge on any atom is -0.545 e. The molecular formula is C14H9ClNO2-. The van der Waals surface area contributed by atoms with Crippen molar-refractivity contribution in [2.75, 3.05) is 0 Å². The molecule has 0 fully saturated rings. The van der Waals surface area contributed by atoms with Gasteiger partial charge in [-0.05, 0) is 23.8 Å². The van der Waals surface area contributed by atoms with Gasteiger partial charge in [-0.2, -0.15) is 0 Å². The lowest BCUT2D eigenvalue weighted by molar-refractivity contribution is -0.255. The summed E-state index contributed by atoms with van der Waals surface area (Å²) in [4.78, 5) is 14.9. The van der Waals surface area contributed by atoms with Crippen LogP contribution in [0.15, 0.2) is 53.5 Å². The van der Waals surface area contributed by atoms with Gasteiger partial charge in [0.15, 0.2) is 0 Å². The molecule has 0 aliphatic rings. The molecule has 3 nitrogen and oxygen atoms in total. The Balaban J connectivity index is 2.27. The molecule has 2 aromatic rings. The second-order valence-electron chi connectivity index (χ2n) is 3.62. The van der Waals surface area contributed by atoms with E-state index in [4.69, 9.17) is 11.6 Å². The Kier molecular flexibility index (Phi) is 3.75. The van der Waals surface area contributed by atoms with Crippen LogP contribution >= 0.6 is 11.6 Å². The van der Waals surface area contributed by atoms with E-state index < -0.39 is 5.97 Å². The summed E-state index contributed by atoms with van der Waals surface area (Å²) in [6, 6.07) is 13.5. The molecule has 2 aromatic carbocycles. The first kappa shape index (κ1) is 12.3. The Labute approximate surface area is 109 Å². The molecule has 0 heterocycles. The first-order valence-corrected chi connectivity index (χ1v) is 5.64. The van der Waals surface area contributed by atoms with Gasteiger partial charge in [0, 0.05) is 16.8 Å². The van der Waals surface area contributed by atoms with Crippen LogP contribution in [0.4, 0.5) is 5.69 Å². The third-order valence-electron chi connectivity index (χ3n) is 2.34. The predicted octanol–water partition coefficient (Wildman–Crippen LogP) is 2.45. The number of halogens is 1. The van der Waals surface area contributed by atoms with Crippen molar-refractivity contribution in [1.82, 2.24) is 0 Å². The van der Waals surface area contributed by atoms with Crippen LogP contribution in [-0.2, 0) is 0 Å². The van der Waals surface area contributed by atoms with Gasteiger partial charge >= 0.3 is 0 Å². The molecule has 0 aromatic heterocycles. The maximum atomic E-state index is 10.7. The summed E-state index contributed by atoms with van der Waals surface area (Å²) in [5.74, 6) is -1.22. The van der Waals surface area contributed by atoms with E-state index in [-0.39, 0.29) is 5.56 Å². The summed E-state index contributed by atoms with van der Waals surface area (Å²) in [5.41, 5.74) is 1.42. The van der Waals surface area contributed by atoms with E-state index in [9.17, 15) is 9.90 Å². The van der Waals surface area contributed by atoms with Gasteiger partial charge in [-0.25, -0.2) is 0 Å². The molecule has 0 aliphatic carbocycles. The number of hydrogen-bond donors (Lipinski definition) is 0. The van der Waals surface area contributed by atoms with Gasteiger partial charge in [0.1, 0.15) is 0 Å². The molecule has 0 spiro atoms. The predicted molar refractivity (Wildman–Crippen MR) is 69.5 cm³/mol. The number of aromatic carboxylic acids is 1. The molecule has 0 saturated carbocycles. The maximum Gasteiger partial charge on any atom is 0.0716 e. The smallest absolute Gasteiger partial charge is 0.0716 e. The fraction of sp³-hybridized carbons (Fsp3) is 0. The zero-order valence-corrected chi connectivity index (χ0v) is 10.1. The molecule has 0 bridgehead atoms. The number of nitrogens with zero attached hydrogens (tertiary/aromatic N) is 1. The van der Waals surface area contributed by atoms with Crippen LogP contribution in [0.1, 0.15) is 15.9 Å². The molecule has 0 aliphatic heterocycles. The summed E-state index contributed by atoms with van der Waals surface area (Å²) in [5, 5.41) is 11.3. The van der Waals surface area contributed by atoms with E-state index in [2.05, 4.69) is 4.99 Å². The molecule has 18 heavy (non-hydrogen) atoms. The van der Waals surface area contributed by atoms with E-state index in [0.29, 0.717) is 10.7 Å². The molecule has 90 valence electrons. The summed E-state index contributed by atoms with van der Waals surface area (Å²) in [6.07, 6.45) is 1.59. The van der Waals surface area contributed by atoms with Crippen LogP contribution in [0.2, 0.25) is 5.02 Å². The van der Waals surface area contributed by atoms with Crippen molar-refractivity contribution in [3.63, 3.8) is 0 Å². The van der Waals surface area contributed by atoms with E-state index in [1.807, 2.05) is 18.2 Å². The monoisotopic (exact) mass is 258 g/mol. The Hall–Kier alpha value is -2.13. The highest BCUT2D eigenvalue weighted by molar-refractivity contribution is 6.33. The van der Waals surface area contributed by atoms with Crippen molar-refractivity contribution in [3.05, 3.63) is 64.7 Å². The largest absolute Gasteiger partial charge is 0.545 e. The average molecular weight is 259 g/mol. The summed E-state index contributed by atoms with van der Waals surface area (Å²) in [6.45, 7) is 0. The first-order chi connectivity index (χ1) is 8.66. The number of carboxylic acids is 1. The van der Waals surface area contributed by atoms with Crippen molar-refractivity contribution >= 4 is 29.5 Å². The average Bonchev–Trinajstić information content (AvgIpc) is 2.38. The zero-order valence-electron chi connectivity index (χ0n) is 9.34. The summed E-state index contributed by atoms with van der Waals surface area (Å²) < 4.78 is 0. The number of aliphatic imine (C=N–C) groups is 1. The van der Waals surface area contributed by atoms with Crippen LogP contribution in [0.3, 0.4) is 0 Å². The molecule has 0 radical (unpaired) electrons. The number of carbonyl (C=O) groups excluding carboxylic acids is 1. The lowest BCUT2D eigenvalue weighted by Crippen LogP contribution is -2.21. The molecule has 4 heteroatoms. The lowest BCUT2D eigenvalue weighted by Gasteiger charge is -2.02. The Morgan fingerprint density at radius 2 is 1.94 bits per heavy atom. The third kappa shape index (κ3) is 2.96. The molecular weight excluding hydrogens is 250 g/mol. The second kappa shape index (κ2) is 5.47. The normalized spacial score (nSPS) is 10.7. The number of benzene rings is 2. The Morgan fingerprint density at radius 3 is 2.67 bits per heavy atom. The van der Waals surface area contributed by atoms with Crippen molar-refractivity contribution in [2.45, 2.75) is 0 Å². The minimum absolute atomic E-state index is 0.101. The highest BCUT2D eigenvalue weighted by Crippen LogP contribution is 2.16. The lowest BCUT2D eigenvalue weighted by atomic mass is 10.2. The summed E-state index contributed by atoms with van der Waals surface area (Å²) >= 11 is 5.98. The van der Waals surface area contributed by atoms with Crippen LogP contribution in [0.25, 0.3) is 0 Å². The molecule has 0 saturated heterocycles. The van der Waals surface area contributed by atoms with Crippen LogP contribution in [0, 0.1) is 0 Å². The fourth-order valence-corrected chi connectivity index (χ4v) is 1.62. The molecule has 0 atom stereocenters. The SMILES string of the molecule is O=C([O-])c1cccc(N=Cc2ccccc2Cl)c1. The topological polar surface area (TPSA) is 52.5 Å². The molecule has 2 rings (SSSR count). The highest BCUT2D eigenvalue weighted by Gasteiger charge is 1.96. The van der Waals surface area contributed by atoms with Gasteiger partial charge in [-0.3, -0.25) is 4.99 Å². The Bertz CT molecular complexity index is 608. The zero-order chi connectivity index (χ0) is 13.0. The fourth-order valence-electron chi connectivity index (χ4n) is 1.44. The number of carbonyl (C=O) groups is 1. The highest BCUT2D eigenvalue weighted by atomic mass is 35.5. The molecule has 0 N–H and O–H groups in total. The van der Waals surface area contributed by atoms with Gasteiger partial charge in [0.05, 0.1) is 11.7 Å². The Morgan fingerprint density at radius 1 is 1.17 bits per heavy atom. The van der Waals surface area contributed by atoms with Crippen molar-refractivity contribution in [2.24, 2.45) is 4.99 Å². The maximum absolute atomic E-state index is 10.7. The van der Waals surface area contributed by atoms with Crippen molar-refractivity contribution in [3.8, 4) is 0 Å². The standard InChI is InChI=1S/C14H10ClNO2/c15-13-7-2-1-4-11(13)9-16-12-6-3-5-10(8-12)14(17)18/h1-9H,(H,17,18)/p-1. The van der Waals surface area contributed by atoms with Crippen LogP contribution in [-0.4, -0.2) is 12.2 Å². The van der Waals surface area contributed by atoms with Crippen LogP contribution in [0.5, 0.6) is 0 Å². The number of carboxylic acid groups (broad SMARTS) is 1. The third-order valence-corrected chi connectivity index (χ3v) is 2.68. The second-order valence-corrected chi connectivity index (χ2v) is 4.02. The quantitative estimate of drug-likeness (QED) is 0.794. The van der Waals surface area contributed by atoms with E-state index in [1.165, 1.54) is 12.1 Å². The van der Waals surface area contributed by atoms with Crippen LogP contribution < -0.4 is 5.11 Å². The van der Waals surface area contributed by atoms with Gasteiger partial charge in [0.25, 0.3) is 0 Å². The van der Waals surface area contributed by atoms with E-state index in [0.717, 1.165) is 5.56 Å². The van der Waals surface area contributed by atoms with Gasteiger partial charge in [-0.15, -0.1) is 0 Å². The van der Waals surface area contributed by atoms with Gasteiger partial charge in [0.2, 0.25) is 0 Å². The molecule has 0 unspecified atom stereocenters. The minimum atomic E-state index is -1.22. The first-order valence-electron chi connectivity index (χ1n) is 5.27. The van der Waals surface area contributed by atoms with Gasteiger partial charge in [-0.1, -0.05) is 41.9 Å². The van der Waals surface area contributed by atoms with Crippen molar-refractivity contribution in [1.29, 1.82) is 0 Å². The van der Waals surface area contributed by atoms with Crippen molar-refractivity contribution < 1.29 is 9.90 Å². The number of rotatable bonds is 3. The molecule has 0 amide bonds. The summed E-state index contributed by atoms with van der Waals surface area (Å²) in [7, 11) is 0. The van der Waals surface area contributed by atoms with E-state index >= 15 is 0 Å². The van der Waals surface area contributed by atoms with E-state index in [1.54, 1.807) is 24.4 Å². The van der Waals surface area contributed by atoms with Gasteiger partial charge < -0.3 is 9.90 Å².